The molecule has 1 aromatic rings. The molecule has 1 saturated heterocycles. The molecule has 8 atom stereocenters. The first-order valence-electron chi connectivity index (χ1n) is 13.8. The summed E-state index contributed by atoms with van der Waals surface area (Å²) >= 11 is 0. The molecule has 3 aliphatic carbocycles. The molecular formula is C31H40FNO4. The van der Waals surface area contributed by atoms with Crippen molar-refractivity contribution in [3.8, 4) is 0 Å². The largest absolute Gasteiger partial charge is 0.462 e. The van der Waals surface area contributed by atoms with E-state index in [-0.39, 0.29) is 55.1 Å². The third-order valence-corrected chi connectivity index (χ3v) is 8.99. The molecule has 0 radical (unpaired) electrons. The summed E-state index contributed by atoms with van der Waals surface area (Å²) in [5.41, 5.74) is 3.35. The molecule has 1 amide bonds. The van der Waals surface area contributed by atoms with Crippen LogP contribution in [-0.4, -0.2) is 30.8 Å². The van der Waals surface area contributed by atoms with E-state index in [1.807, 2.05) is 19.9 Å². The van der Waals surface area contributed by atoms with Gasteiger partial charge in [0.2, 0.25) is 0 Å². The summed E-state index contributed by atoms with van der Waals surface area (Å²) < 4.78 is 24.6. The van der Waals surface area contributed by atoms with Gasteiger partial charge in [-0.1, -0.05) is 43.4 Å². The lowest BCUT2D eigenvalue weighted by atomic mass is 9.57. The normalized spacial score (nSPS) is 35.2. The maximum absolute atomic E-state index is 13.8. The van der Waals surface area contributed by atoms with Gasteiger partial charge in [0.1, 0.15) is 11.9 Å². The average Bonchev–Trinajstić information content (AvgIpc) is 3.14. The van der Waals surface area contributed by atoms with Gasteiger partial charge in [0.25, 0.3) is 0 Å². The molecule has 2 saturated carbocycles. The van der Waals surface area contributed by atoms with E-state index >= 15 is 0 Å². The molecule has 1 N–H and O–H groups in total. The summed E-state index contributed by atoms with van der Waals surface area (Å²) in [6, 6.07) is 6.89. The summed E-state index contributed by atoms with van der Waals surface area (Å²) in [5.74, 6) is 1.23. The molecule has 4 aliphatic rings. The number of nitrogens with one attached hydrogen (secondary N) is 1. The molecule has 6 heteroatoms. The molecule has 5 nitrogen and oxygen atoms in total. The number of carbonyl (C=O) groups is 2. The fourth-order valence-electron chi connectivity index (χ4n) is 7.39. The van der Waals surface area contributed by atoms with Crippen LogP contribution in [0, 0.1) is 41.3 Å². The molecule has 1 heterocycles. The highest BCUT2D eigenvalue weighted by Crippen LogP contribution is 2.53. The number of halogens is 1. The van der Waals surface area contributed by atoms with E-state index in [1.54, 1.807) is 12.1 Å². The zero-order chi connectivity index (χ0) is 26.1. The van der Waals surface area contributed by atoms with Crippen molar-refractivity contribution >= 4 is 17.6 Å². The molecule has 0 bridgehead atoms. The maximum Gasteiger partial charge on any atom is 0.407 e. The minimum absolute atomic E-state index is 0. The van der Waals surface area contributed by atoms with Crippen molar-refractivity contribution in [3.63, 3.8) is 0 Å². The average molecular weight is 510 g/mol. The van der Waals surface area contributed by atoms with E-state index in [0.29, 0.717) is 18.4 Å². The van der Waals surface area contributed by atoms with Crippen LogP contribution >= 0.6 is 0 Å². The van der Waals surface area contributed by atoms with Gasteiger partial charge in [0.15, 0.2) is 0 Å². The number of carbonyl (C=O) groups excluding carboxylic acids is 2. The number of fused-ring (bicyclic) bond motifs is 2. The van der Waals surface area contributed by atoms with Crippen molar-refractivity contribution in [1.29, 1.82) is 0 Å². The van der Waals surface area contributed by atoms with Crippen molar-refractivity contribution in [3.05, 3.63) is 65.5 Å². The number of ether oxygens (including phenoxy) is 2. The number of amides is 1. The van der Waals surface area contributed by atoms with Gasteiger partial charge in [-0.15, -0.1) is 0 Å². The van der Waals surface area contributed by atoms with Crippen LogP contribution in [0.2, 0.25) is 0 Å². The third-order valence-electron chi connectivity index (χ3n) is 8.99. The molecule has 1 aromatic carbocycles. The molecule has 1 aliphatic heterocycles. The van der Waals surface area contributed by atoms with Crippen LogP contribution in [0.5, 0.6) is 0 Å². The predicted molar refractivity (Wildman–Crippen MR) is 143 cm³/mol. The smallest absolute Gasteiger partial charge is 0.407 e. The number of cyclic esters (lactones) is 1. The minimum atomic E-state index is -0.353. The molecule has 1 unspecified atom stereocenters. The Morgan fingerprint density at radius 3 is 2.84 bits per heavy atom. The number of benzene rings is 1. The number of rotatable bonds is 5. The van der Waals surface area contributed by atoms with E-state index in [9.17, 15) is 14.0 Å². The quantitative estimate of drug-likeness (QED) is 0.448. The topological polar surface area (TPSA) is 64.6 Å². The lowest BCUT2D eigenvalue weighted by Gasteiger charge is -2.47. The lowest BCUT2D eigenvalue weighted by Crippen LogP contribution is -2.48. The summed E-state index contributed by atoms with van der Waals surface area (Å²) in [4.78, 5) is 24.7. The zero-order valence-electron chi connectivity index (χ0n) is 22.0. The van der Waals surface area contributed by atoms with Gasteiger partial charge >= 0.3 is 12.1 Å². The number of hydrogen-bond acceptors (Lipinski definition) is 4. The van der Waals surface area contributed by atoms with Crippen LogP contribution in [0.3, 0.4) is 0 Å². The number of alkyl carbamates (subject to hydrolysis) is 1. The van der Waals surface area contributed by atoms with Crippen molar-refractivity contribution in [2.24, 2.45) is 35.5 Å². The van der Waals surface area contributed by atoms with E-state index in [4.69, 9.17) is 9.47 Å². The summed E-state index contributed by atoms with van der Waals surface area (Å²) in [6.45, 7) is 6.39. The second kappa shape index (κ2) is 10.8. The minimum Gasteiger partial charge on any atom is -0.462 e. The molecule has 3 fully saturated rings. The van der Waals surface area contributed by atoms with Gasteiger partial charge in [-0.25, -0.2) is 9.18 Å². The van der Waals surface area contributed by atoms with Crippen molar-refractivity contribution in [2.45, 2.75) is 65.0 Å². The van der Waals surface area contributed by atoms with Crippen molar-refractivity contribution in [2.75, 3.05) is 6.61 Å². The Labute approximate surface area is 220 Å². The second-order valence-corrected chi connectivity index (χ2v) is 11.3. The monoisotopic (exact) mass is 509 g/mol. The van der Waals surface area contributed by atoms with Crippen LogP contribution in [0.1, 0.15) is 59.9 Å². The fourth-order valence-corrected chi connectivity index (χ4v) is 7.39. The van der Waals surface area contributed by atoms with E-state index in [2.05, 4.69) is 36.5 Å². The van der Waals surface area contributed by atoms with Gasteiger partial charge in [0, 0.05) is 13.4 Å². The second-order valence-electron chi connectivity index (χ2n) is 11.3. The molecular weight excluding hydrogens is 469 g/mol. The van der Waals surface area contributed by atoms with Crippen molar-refractivity contribution < 1.29 is 24.9 Å². The van der Waals surface area contributed by atoms with Crippen LogP contribution in [0.25, 0.3) is 5.57 Å². The molecule has 200 valence electrons. The molecule has 37 heavy (non-hydrogen) atoms. The summed E-state index contributed by atoms with van der Waals surface area (Å²) in [5, 5.41) is 3.02. The number of hydrogen-bond donors (Lipinski definition) is 1. The first-order valence-corrected chi connectivity index (χ1v) is 13.8. The summed E-state index contributed by atoms with van der Waals surface area (Å²) in [7, 11) is 0. The van der Waals surface area contributed by atoms with Gasteiger partial charge in [-0.3, -0.25) is 4.79 Å². The highest BCUT2D eigenvalue weighted by atomic mass is 19.1. The van der Waals surface area contributed by atoms with E-state index < -0.39 is 0 Å². The van der Waals surface area contributed by atoms with Gasteiger partial charge in [-0.05, 0) is 98.5 Å². The van der Waals surface area contributed by atoms with Crippen LogP contribution in [-0.2, 0) is 14.3 Å². The van der Waals surface area contributed by atoms with Gasteiger partial charge < -0.3 is 14.8 Å². The fraction of sp³-hybridized carbons (Fsp3) is 0.548. The highest BCUT2D eigenvalue weighted by molar-refractivity contribution is 5.75. The zero-order valence-corrected chi connectivity index (χ0v) is 22.0. The Morgan fingerprint density at radius 1 is 1.24 bits per heavy atom. The lowest BCUT2D eigenvalue weighted by molar-refractivity contribution is -0.144. The Hall–Kier alpha value is -2.89. The van der Waals surface area contributed by atoms with Gasteiger partial charge in [0.05, 0.1) is 12.5 Å². The maximum atomic E-state index is 13.8. The van der Waals surface area contributed by atoms with E-state index in [1.165, 1.54) is 11.6 Å². The SMILES string of the molecule is CCOC(=O)N[C@H]1CC[C@@H]2[C@H](C1)C[C@H]1C(=O)O[C@H](C)[C@@H]1[C@H]2/C=C/C1=CC=C(c2cccc(F)c2)C(C)C1.[HH]. The Kier molecular flexibility index (Phi) is 7.55. The third kappa shape index (κ3) is 5.39. The highest BCUT2D eigenvalue weighted by Gasteiger charge is 2.54. The Bertz CT molecular complexity index is 1130. The Morgan fingerprint density at radius 2 is 2.08 bits per heavy atom. The number of allylic oxidation sites excluding steroid dienone is 6. The van der Waals surface area contributed by atoms with E-state index in [0.717, 1.165) is 43.2 Å². The summed E-state index contributed by atoms with van der Waals surface area (Å²) in [6.07, 6.45) is 13.0. The van der Waals surface area contributed by atoms with Gasteiger partial charge in [-0.2, -0.15) is 0 Å². The van der Waals surface area contributed by atoms with Crippen LogP contribution in [0.15, 0.2) is 54.1 Å². The molecule has 0 aromatic heterocycles. The van der Waals surface area contributed by atoms with Crippen LogP contribution in [0.4, 0.5) is 9.18 Å². The predicted octanol–water partition coefficient (Wildman–Crippen LogP) is 6.71. The Balaban J connectivity index is 0.00000336. The number of esters is 1. The van der Waals surface area contributed by atoms with Crippen molar-refractivity contribution in [1.82, 2.24) is 5.32 Å². The standard InChI is InChI=1S/C31H38FNO4.H2/c1-4-36-31(35)33-24-10-13-26-22(16-24)17-28-29(19(3)37-30(28)34)27(26)12-9-20-8-11-25(18(2)14-20)21-6-5-7-23(32)15-21;/h5-9,11-12,15,18-19,22,24,26-29H,4,10,13-14,16-17H2,1-3H3,(H,33,35);1H/b12-9+;/t18?,19-,22-,24+,26-,27+,28-,29-;/m1./s1. The molecule has 5 rings (SSSR count). The first kappa shape index (κ1) is 25.7. The first-order chi connectivity index (χ1) is 17.8. The molecule has 0 spiro atoms. The van der Waals surface area contributed by atoms with Crippen LogP contribution < -0.4 is 5.32 Å².